The number of rotatable bonds is 3. The van der Waals surface area contributed by atoms with Crippen LogP contribution in [0, 0.1) is 5.92 Å². The van der Waals surface area contributed by atoms with Gasteiger partial charge in [-0.25, -0.2) is 9.59 Å². The molecule has 8 nitrogen and oxygen atoms in total. The van der Waals surface area contributed by atoms with Gasteiger partial charge in [-0.05, 0) is 12.3 Å². The second kappa shape index (κ2) is 6.75. The van der Waals surface area contributed by atoms with Gasteiger partial charge in [0, 0.05) is 26.1 Å². The number of carboxylic acid groups (broad SMARTS) is 1. The zero-order chi connectivity index (χ0) is 15.4. The van der Waals surface area contributed by atoms with Crippen LogP contribution in [0.2, 0.25) is 0 Å². The molecule has 2 rings (SSSR count). The molecule has 2 fully saturated rings. The molecule has 0 saturated carbocycles. The molecule has 2 aliphatic heterocycles. The highest BCUT2D eigenvalue weighted by Crippen LogP contribution is 2.21. The SMILES string of the molecule is COC(=O)C1CN(C(=O)N2CCC(CC(=O)O)C2)CCO1. The Balaban J connectivity index is 1.88. The lowest BCUT2D eigenvalue weighted by atomic mass is 10.1. The Morgan fingerprint density at radius 3 is 2.62 bits per heavy atom. The lowest BCUT2D eigenvalue weighted by Gasteiger charge is -2.34. The van der Waals surface area contributed by atoms with Gasteiger partial charge in [0.2, 0.25) is 0 Å². The third kappa shape index (κ3) is 3.84. The normalized spacial score (nSPS) is 25.8. The third-order valence-corrected chi connectivity index (χ3v) is 3.82. The predicted molar refractivity (Wildman–Crippen MR) is 70.7 cm³/mol. The number of likely N-dealkylation sites (tertiary alicyclic amines) is 1. The molecule has 0 radical (unpaired) electrons. The molecular formula is C13H20N2O6. The summed E-state index contributed by atoms with van der Waals surface area (Å²) in [6.45, 7) is 1.89. The maximum Gasteiger partial charge on any atom is 0.336 e. The van der Waals surface area contributed by atoms with Crippen molar-refractivity contribution in [3.05, 3.63) is 0 Å². The molecule has 0 spiro atoms. The smallest absolute Gasteiger partial charge is 0.336 e. The van der Waals surface area contributed by atoms with E-state index in [1.807, 2.05) is 0 Å². The quantitative estimate of drug-likeness (QED) is 0.724. The predicted octanol–water partition coefficient (Wildman–Crippen LogP) is -0.223. The van der Waals surface area contributed by atoms with Crippen LogP contribution in [-0.2, 0) is 19.1 Å². The number of hydrogen-bond acceptors (Lipinski definition) is 5. The summed E-state index contributed by atoms with van der Waals surface area (Å²) in [4.78, 5) is 37.8. The second-order valence-electron chi connectivity index (χ2n) is 5.31. The summed E-state index contributed by atoms with van der Waals surface area (Å²) in [7, 11) is 1.28. The number of ether oxygens (including phenoxy) is 2. The number of morpholine rings is 1. The molecule has 0 aliphatic carbocycles. The standard InChI is InChI=1S/C13H20N2O6/c1-20-12(18)10-8-15(4-5-21-10)13(19)14-3-2-9(7-14)6-11(16)17/h9-10H,2-8H2,1H3,(H,16,17). The third-order valence-electron chi connectivity index (χ3n) is 3.82. The first kappa shape index (κ1) is 15.6. The highest BCUT2D eigenvalue weighted by Gasteiger charge is 2.35. The second-order valence-corrected chi connectivity index (χ2v) is 5.31. The van der Waals surface area contributed by atoms with E-state index in [-0.39, 0.29) is 31.5 Å². The number of methoxy groups -OCH3 is 1. The van der Waals surface area contributed by atoms with E-state index in [1.54, 1.807) is 9.80 Å². The van der Waals surface area contributed by atoms with Crippen LogP contribution in [0.3, 0.4) is 0 Å². The van der Waals surface area contributed by atoms with Gasteiger partial charge < -0.3 is 24.4 Å². The van der Waals surface area contributed by atoms with E-state index in [4.69, 9.17) is 9.84 Å². The fourth-order valence-corrected chi connectivity index (χ4v) is 2.72. The zero-order valence-corrected chi connectivity index (χ0v) is 12.0. The van der Waals surface area contributed by atoms with Crippen LogP contribution in [0.4, 0.5) is 4.79 Å². The summed E-state index contributed by atoms with van der Waals surface area (Å²) in [5.74, 6) is -1.33. The van der Waals surface area contributed by atoms with Crippen LogP contribution < -0.4 is 0 Å². The van der Waals surface area contributed by atoms with Gasteiger partial charge in [-0.3, -0.25) is 4.79 Å². The molecule has 8 heteroatoms. The van der Waals surface area contributed by atoms with Crippen LogP contribution in [0.25, 0.3) is 0 Å². The van der Waals surface area contributed by atoms with E-state index in [0.717, 1.165) is 0 Å². The molecule has 2 atom stereocenters. The highest BCUT2D eigenvalue weighted by molar-refractivity contribution is 5.78. The number of carbonyl (C=O) groups excluding carboxylic acids is 2. The minimum Gasteiger partial charge on any atom is -0.481 e. The Bertz CT molecular complexity index is 427. The molecule has 2 aliphatic rings. The molecule has 2 unspecified atom stereocenters. The number of carboxylic acids is 1. The largest absolute Gasteiger partial charge is 0.481 e. The molecule has 2 amide bonds. The molecule has 1 N–H and O–H groups in total. The topological polar surface area (TPSA) is 96.4 Å². The molecule has 2 heterocycles. The Morgan fingerprint density at radius 1 is 1.24 bits per heavy atom. The Hall–Kier alpha value is -1.83. The van der Waals surface area contributed by atoms with E-state index in [9.17, 15) is 14.4 Å². The minimum atomic E-state index is -0.841. The molecule has 21 heavy (non-hydrogen) atoms. The van der Waals surface area contributed by atoms with Crippen LogP contribution >= 0.6 is 0 Å². The molecule has 0 bridgehead atoms. The van der Waals surface area contributed by atoms with Gasteiger partial charge in [-0.2, -0.15) is 0 Å². The van der Waals surface area contributed by atoms with Crippen molar-refractivity contribution in [1.82, 2.24) is 9.80 Å². The average molecular weight is 300 g/mol. The average Bonchev–Trinajstić information content (AvgIpc) is 2.93. The summed E-state index contributed by atoms with van der Waals surface area (Å²) in [6.07, 6.45) is 0.0330. The van der Waals surface area contributed by atoms with Crippen molar-refractivity contribution in [2.45, 2.75) is 18.9 Å². The first-order chi connectivity index (χ1) is 10.0. The number of aliphatic carboxylic acids is 1. The van der Waals surface area contributed by atoms with Gasteiger partial charge >= 0.3 is 18.0 Å². The van der Waals surface area contributed by atoms with E-state index < -0.39 is 18.0 Å². The summed E-state index contributed by atoms with van der Waals surface area (Å²) in [5, 5.41) is 8.79. The van der Waals surface area contributed by atoms with Gasteiger partial charge in [0.15, 0.2) is 6.10 Å². The molecular weight excluding hydrogens is 280 g/mol. The first-order valence-corrected chi connectivity index (χ1v) is 6.96. The van der Waals surface area contributed by atoms with Crippen molar-refractivity contribution in [1.29, 1.82) is 0 Å². The van der Waals surface area contributed by atoms with Crippen molar-refractivity contribution in [2.75, 3.05) is 39.9 Å². The summed E-state index contributed by atoms with van der Waals surface area (Å²) < 4.78 is 9.91. The Morgan fingerprint density at radius 2 is 1.95 bits per heavy atom. The molecule has 0 aromatic heterocycles. The van der Waals surface area contributed by atoms with Crippen molar-refractivity contribution < 1.29 is 29.0 Å². The van der Waals surface area contributed by atoms with Crippen LogP contribution in [0.1, 0.15) is 12.8 Å². The van der Waals surface area contributed by atoms with Gasteiger partial charge in [0.1, 0.15) is 0 Å². The van der Waals surface area contributed by atoms with Gasteiger partial charge in [0.05, 0.1) is 20.3 Å². The van der Waals surface area contributed by atoms with E-state index >= 15 is 0 Å². The van der Waals surface area contributed by atoms with Crippen molar-refractivity contribution >= 4 is 18.0 Å². The number of amides is 2. The first-order valence-electron chi connectivity index (χ1n) is 6.96. The van der Waals surface area contributed by atoms with Crippen LogP contribution in [-0.4, -0.2) is 78.9 Å². The number of urea groups is 1. The molecule has 0 aromatic rings. The van der Waals surface area contributed by atoms with Crippen molar-refractivity contribution in [3.63, 3.8) is 0 Å². The van der Waals surface area contributed by atoms with E-state index in [0.29, 0.717) is 26.1 Å². The highest BCUT2D eigenvalue weighted by atomic mass is 16.6. The molecule has 2 saturated heterocycles. The number of nitrogens with zero attached hydrogens (tertiary/aromatic N) is 2. The van der Waals surface area contributed by atoms with Crippen molar-refractivity contribution in [3.8, 4) is 0 Å². The van der Waals surface area contributed by atoms with E-state index in [2.05, 4.69) is 4.74 Å². The lowest BCUT2D eigenvalue weighted by molar-refractivity contribution is -0.158. The summed E-state index contributed by atoms with van der Waals surface area (Å²) in [6, 6.07) is -0.167. The van der Waals surface area contributed by atoms with E-state index in [1.165, 1.54) is 7.11 Å². The summed E-state index contributed by atoms with van der Waals surface area (Å²) >= 11 is 0. The zero-order valence-electron chi connectivity index (χ0n) is 12.0. The van der Waals surface area contributed by atoms with Gasteiger partial charge in [-0.15, -0.1) is 0 Å². The lowest BCUT2D eigenvalue weighted by Crippen LogP contribution is -2.52. The molecule has 0 aromatic carbocycles. The Kier molecular flexibility index (Phi) is 5.00. The number of carbonyl (C=O) groups is 3. The van der Waals surface area contributed by atoms with Gasteiger partial charge in [0.25, 0.3) is 0 Å². The Labute approximate surface area is 122 Å². The fraction of sp³-hybridized carbons (Fsp3) is 0.769. The molecule has 118 valence electrons. The monoisotopic (exact) mass is 300 g/mol. The maximum atomic E-state index is 12.4. The fourth-order valence-electron chi connectivity index (χ4n) is 2.72. The summed E-state index contributed by atoms with van der Waals surface area (Å²) in [5.41, 5.74) is 0. The van der Waals surface area contributed by atoms with Gasteiger partial charge in [-0.1, -0.05) is 0 Å². The van der Waals surface area contributed by atoms with Crippen LogP contribution in [0.15, 0.2) is 0 Å². The van der Waals surface area contributed by atoms with Crippen molar-refractivity contribution in [2.24, 2.45) is 5.92 Å². The number of esters is 1. The maximum absolute atomic E-state index is 12.4. The minimum absolute atomic E-state index is 0.00361. The van der Waals surface area contributed by atoms with Crippen LogP contribution in [0.5, 0.6) is 0 Å². The number of hydrogen-bond donors (Lipinski definition) is 1.